The highest BCUT2D eigenvalue weighted by Crippen LogP contribution is 2.44. The van der Waals surface area contributed by atoms with Crippen LogP contribution in [0.5, 0.6) is 0 Å². The molecule has 4 N–H and O–H groups in total. The molecule has 2 rings (SSSR count). The van der Waals surface area contributed by atoms with Crippen molar-refractivity contribution in [3.05, 3.63) is 22.6 Å². The van der Waals surface area contributed by atoms with Crippen molar-refractivity contribution in [3.8, 4) is 0 Å². The van der Waals surface area contributed by atoms with E-state index in [0.29, 0.717) is 5.82 Å². The van der Waals surface area contributed by atoms with Crippen LogP contribution in [0, 0.1) is 5.41 Å². The van der Waals surface area contributed by atoms with Gasteiger partial charge in [0.25, 0.3) is 0 Å². The lowest BCUT2D eigenvalue weighted by Gasteiger charge is -2.21. The highest BCUT2D eigenvalue weighted by molar-refractivity contribution is 6.29. The van der Waals surface area contributed by atoms with Crippen molar-refractivity contribution < 1.29 is 4.79 Å². The molecule has 0 aromatic carbocycles. The third kappa shape index (κ3) is 1.57. The standard InChI is InChI=1S/C11H16ClN3O/c1-11(2)7(5-8(12)13)9(14)15(10(11)16)6-3-4-6/h5-6H,3-4,13-14H2,1-2H3/b8-5-. The molecule has 4 nitrogen and oxygen atoms in total. The second-order valence-electron chi connectivity index (χ2n) is 4.86. The largest absolute Gasteiger partial charge is 0.389 e. The van der Waals surface area contributed by atoms with Crippen molar-refractivity contribution in [2.45, 2.75) is 32.7 Å². The number of amides is 1. The molecule has 0 aromatic rings. The number of allylic oxidation sites excluding steroid dienone is 1. The zero-order valence-corrected chi connectivity index (χ0v) is 10.2. The minimum absolute atomic E-state index is 0.0386. The van der Waals surface area contributed by atoms with E-state index in [2.05, 4.69) is 0 Å². The average molecular weight is 242 g/mol. The monoisotopic (exact) mass is 241 g/mol. The third-order valence-electron chi connectivity index (χ3n) is 3.16. The van der Waals surface area contributed by atoms with Gasteiger partial charge >= 0.3 is 0 Å². The van der Waals surface area contributed by atoms with Crippen LogP contribution in [-0.4, -0.2) is 16.8 Å². The molecule has 1 heterocycles. The predicted molar refractivity (Wildman–Crippen MR) is 63.0 cm³/mol. The third-order valence-corrected chi connectivity index (χ3v) is 3.27. The Morgan fingerprint density at radius 3 is 2.56 bits per heavy atom. The van der Waals surface area contributed by atoms with Crippen LogP contribution in [0.3, 0.4) is 0 Å². The van der Waals surface area contributed by atoms with Crippen molar-refractivity contribution in [1.82, 2.24) is 4.90 Å². The molecule has 5 heteroatoms. The van der Waals surface area contributed by atoms with E-state index in [1.54, 1.807) is 11.0 Å². The Hall–Kier alpha value is -1.16. The van der Waals surface area contributed by atoms with E-state index in [1.807, 2.05) is 13.8 Å². The Bertz CT molecular complexity index is 403. The van der Waals surface area contributed by atoms with Crippen LogP contribution in [0.25, 0.3) is 0 Å². The van der Waals surface area contributed by atoms with Crippen LogP contribution in [0.1, 0.15) is 26.7 Å². The summed E-state index contributed by atoms with van der Waals surface area (Å²) in [6.07, 6.45) is 3.63. The minimum atomic E-state index is -0.633. The van der Waals surface area contributed by atoms with Crippen LogP contribution in [-0.2, 0) is 4.79 Å². The van der Waals surface area contributed by atoms with Gasteiger partial charge in [0, 0.05) is 11.6 Å². The summed E-state index contributed by atoms with van der Waals surface area (Å²) in [7, 11) is 0. The van der Waals surface area contributed by atoms with Crippen molar-refractivity contribution in [1.29, 1.82) is 0 Å². The van der Waals surface area contributed by atoms with Crippen molar-refractivity contribution in [2.75, 3.05) is 0 Å². The van der Waals surface area contributed by atoms with Gasteiger partial charge in [0.15, 0.2) is 0 Å². The molecule has 0 atom stereocenters. The maximum absolute atomic E-state index is 12.2. The molecule has 1 fully saturated rings. The van der Waals surface area contributed by atoms with Crippen LogP contribution in [0.15, 0.2) is 22.6 Å². The lowest BCUT2D eigenvalue weighted by Crippen LogP contribution is -2.36. The number of halogens is 1. The van der Waals surface area contributed by atoms with E-state index in [1.165, 1.54) is 0 Å². The first-order valence-corrected chi connectivity index (χ1v) is 5.70. The highest BCUT2D eigenvalue weighted by atomic mass is 35.5. The van der Waals surface area contributed by atoms with Crippen molar-refractivity contribution in [2.24, 2.45) is 16.9 Å². The van der Waals surface area contributed by atoms with Gasteiger partial charge in [-0.3, -0.25) is 9.69 Å². The van der Waals surface area contributed by atoms with Gasteiger partial charge < -0.3 is 11.5 Å². The van der Waals surface area contributed by atoms with E-state index >= 15 is 0 Å². The van der Waals surface area contributed by atoms with Crippen LogP contribution in [0.2, 0.25) is 0 Å². The lowest BCUT2D eigenvalue weighted by atomic mass is 9.85. The molecule has 0 radical (unpaired) electrons. The molecule has 16 heavy (non-hydrogen) atoms. The van der Waals surface area contributed by atoms with Crippen molar-refractivity contribution in [3.63, 3.8) is 0 Å². The Balaban J connectivity index is 2.45. The number of carbonyl (C=O) groups is 1. The number of carbonyl (C=O) groups excluding carboxylic acids is 1. The fourth-order valence-electron chi connectivity index (χ4n) is 2.06. The summed E-state index contributed by atoms with van der Waals surface area (Å²) in [4.78, 5) is 13.9. The van der Waals surface area contributed by atoms with Gasteiger partial charge in [0.2, 0.25) is 5.91 Å². The Kier molecular flexibility index (Phi) is 2.42. The zero-order valence-electron chi connectivity index (χ0n) is 9.46. The Labute approximate surface area is 99.9 Å². The molecule has 0 spiro atoms. The van der Waals surface area contributed by atoms with Crippen molar-refractivity contribution >= 4 is 17.5 Å². The van der Waals surface area contributed by atoms with Crippen LogP contribution in [0.4, 0.5) is 0 Å². The average Bonchev–Trinajstić information content (AvgIpc) is 2.94. The fourth-order valence-corrected chi connectivity index (χ4v) is 2.17. The van der Waals surface area contributed by atoms with E-state index in [4.69, 9.17) is 23.1 Å². The minimum Gasteiger partial charge on any atom is -0.389 e. The molecule has 1 amide bonds. The molecule has 88 valence electrons. The molecule has 1 aliphatic heterocycles. The zero-order chi connectivity index (χ0) is 12.1. The molecule has 0 saturated heterocycles. The second-order valence-corrected chi connectivity index (χ2v) is 5.30. The quantitative estimate of drug-likeness (QED) is 0.715. The number of nitrogens with zero attached hydrogens (tertiary/aromatic N) is 1. The number of hydrogen-bond acceptors (Lipinski definition) is 3. The van der Waals surface area contributed by atoms with E-state index in [-0.39, 0.29) is 17.1 Å². The molecular formula is C11H16ClN3O. The summed E-state index contributed by atoms with van der Waals surface area (Å²) in [5, 5.41) is 0.150. The van der Waals surface area contributed by atoms with Gasteiger partial charge in [0.05, 0.1) is 10.6 Å². The smallest absolute Gasteiger partial charge is 0.238 e. The first-order chi connectivity index (χ1) is 7.35. The first kappa shape index (κ1) is 11.3. The molecule has 0 bridgehead atoms. The SMILES string of the molecule is CC1(C)C(=O)N(C2CC2)C(N)=C1/C=C(\N)Cl. The topological polar surface area (TPSA) is 72.3 Å². The second kappa shape index (κ2) is 3.42. The van der Waals surface area contributed by atoms with Gasteiger partial charge in [-0.05, 0) is 32.8 Å². The Morgan fingerprint density at radius 1 is 1.56 bits per heavy atom. The molecule has 0 aromatic heterocycles. The Morgan fingerprint density at radius 2 is 2.12 bits per heavy atom. The molecule has 2 aliphatic rings. The molecule has 1 saturated carbocycles. The van der Waals surface area contributed by atoms with Gasteiger partial charge in [0.1, 0.15) is 5.82 Å². The van der Waals surface area contributed by atoms with Gasteiger partial charge in [-0.1, -0.05) is 11.6 Å². The highest BCUT2D eigenvalue weighted by Gasteiger charge is 2.49. The number of hydrogen-bond donors (Lipinski definition) is 2. The van der Waals surface area contributed by atoms with Gasteiger partial charge in [-0.2, -0.15) is 0 Å². The number of nitrogens with two attached hydrogens (primary N) is 2. The maximum atomic E-state index is 12.2. The maximum Gasteiger partial charge on any atom is 0.238 e. The number of rotatable bonds is 2. The van der Waals surface area contributed by atoms with Crippen LogP contribution >= 0.6 is 11.6 Å². The summed E-state index contributed by atoms with van der Waals surface area (Å²) in [5.41, 5.74) is 11.5. The predicted octanol–water partition coefficient (Wildman–Crippen LogP) is 1.23. The van der Waals surface area contributed by atoms with E-state index in [0.717, 1.165) is 18.4 Å². The fraction of sp³-hybridized carbons (Fsp3) is 0.545. The van der Waals surface area contributed by atoms with Crippen LogP contribution < -0.4 is 11.5 Å². The summed E-state index contributed by atoms with van der Waals surface area (Å²) in [5.74, 6) is 0.540. The lowest BCUT2D eigenvalue weighted by molar-refractivity contribution is -0.134. The van der Waals surface area contributed by atoms with Gasteiger partial charge in [-0.15, -0.1) is 0 Å². The summed E-state index contributed by atoms with van der Waals surface area (Å²) in [6.45, 7) is 3.69. The molecule has 1 aliphatic carbocycles. The van der Waals surface area contributed by atoms with Gasteiger partial charge in [-0.25, -0.2) is 0 Å². The molecule has 0 unspecified atom stereocenters. The summed E-state index contributed by atoms with van der Waals surface area (Å²) >= 11 is 5.66. The van der Waals surface area contributed by atoms with E-state index in [9.17, 15) is 4.79 Å². The normalized spacial score (nSPS) is 25.6. The summed E-state index contributed by atoms with van der Waals surface area (Å²) in [6, 6.07) is 0.272. The first-order valence-electron chi connectivity index (χ1n) is 5.32. The van der Waals surface area contributed by atoms with E-state index < -0.39 is 5.41 Å². The molecular weight excluding hydrogens is 226 g/mol. The summed E-state index contributed by atoms with van der Waals surface area (Å²) < 4.78 is 0.